The van der Waals surface area contributed by atoms with Gasteiger partial charge in [-0.3, -0.25) is 0 Å². The third kappa shape index (κ3) is 2.76. The molecule has 4 aromatic rings. The molecular weight excluding hydrogens is 347 g/mol. The smallest absolute Gasteiger partial charge is 0.213 e. The van der Waals surface area contributed by atoms with Gasteiger partial charge in [0.2, 0.25) is 5.95 Å². The molecule has 0 bridgehead atoms. The van der Waals surface area contributed by atoms with Crippen LogP contribution in [0.2, 0.25) is 0 Å². The first-order chi connectivity index (χ1) is 12.2. The van der Waals surface area contributed by atoms with E-state index in [0.717, 1.165) is 16.3 Å². The van der Waals surface area contributed by atoms with Gasteiger partial charge in [-0.1, -0.05) is 18.2 Å². The highest BCUT2D eigenvalue weighted by molar-refractivity contribution is 7.22. The molecule has 0 saturated carbocycles. The zero-order valence-corrected chi connectivity index (χ0v) is 13.5. The Morgan fingerprint density at radius 1 is 1.00 bits per heavy atom. The quantitative estimate of drug-likeness (QED) is 0.475. The average Bonchev–Trinajstić information content (AvgIpc) is 3.06. The van der Waals surface area contributed by atoms with Gasteiger partial charge >= 0.3 is 0 Å². The lowest BCUT2D eigenvalue weighted by Crippen LogP contribution is -1.92. The SMILES string of the molecule is FCc1cnc(F)cc1-c1cccc2cc(-c3ncncc3F)sc12. The molecule has 0 N–H and O–H groups in total. The van der Waals surface area contributed by atoms with E-state index in [1.165, 1.54) is 29.9 Å². The number of aromatic nitrogens is 3. The van der Waals surface area contributed by atoms with Crippen LogP contribution in [0.3, 0.4) is 0 Å². The van der Waals surface area contributed by atoms with E-state index in [4.69, 9.17) is 0 Å². The third-order valence-electron chi connectivity index (χ3n) is 3.83. The molecule has 124 valence electrons. The zero-order chi connectivity index (χ0) is 17.4. The van der Waals surface area contributed by atoms with Crippen LogP contribution in [0.15, 0.2) is 49.1 Å². The van der Waals surface area contributed by atoms with Crippen molar-refractivity contribution in [3.8, 4) is 21.7 Å². The van der Waals surface area contributed by atoms with Crippen molar-refractivity contribution in [1.82, 2.24) is 15.0 Å². The highest BCUT2D eigenvalue weighted by Gasteiger charge is 2.15. The maximum absolute atomic E-state index is 14.0. The van der Waals surface area contributed by atoms with Crippen molar-refractivity contribution in [2.45, 2.75) is 6.67 Å². The Bertz CT molecular complexity index is 1080. The summed E-state index contributed by atoms with van der Waals surface area (Å²) in [6, 6.07) is 8.47. The summed E-state index contributed by atoms with van der Waals surface area (Å²) < 4.78 is 41.7. The molecule has 0 spiro atoms. The number of rotatable bonds is 3. The fourth-order valence-electron chi connectivity index (χ4n) is 2.70. The Labute approximate surface area is 144 Å². The van der Waals surface area contributed by atoms with Crippen LogP contribution in [0, 0.1) is 11.8 Å². The fourth-order valence-corrected chi connectivity index (χ4v) is 3.89. The molecule has 3 heterocycles. The number of pyridine rings is 1. The molecule has 0 fully saturated rings. The standard InChI is InChI=1S/C18H10F3N3S/c19-6-11-7-23-16(21)5-13(11)12-3-1-2-10-4-15(25-18(10)12)17-14(20)8-22-9-24-17/h1-5,7-9H,6H2. The number of halogens is 3. The Balaban J connectivity index is 1.95. The lowest BCUT2D eigenvalue weighted by Gasteiger charge is -2.07. The molecular formula is C18H10F3N3S. The van der Waals surface area contributed by atoms with E-state index < -0.39 is 18.4 Å². The molecule has 0 atom stereocenters. The Morgan fingerprint density at radius 3 is 2.68 bits per heavy atom. The van der Waals surface area contributed by atoms with Gasteiger partial charge in [-0.2, -0.15) is 4.39 Å². The summed E-state index contributed by atoms with van der Waals surface area (Å²) in [5.41, 5.74) is 1.63. The maximum atomic E-state index is 14.0. The van der Waals surface area contributed by atoms with Crippen molar-refractivity contribution in [2.24, 2.45) is 0 Å². The number of benzene rings is 1. The van der Waals surface area contributed by atoms with Crippen LogP contribution in [0.1, 0.15) is 5.56 Å². The van der Waals surface area contributed by atoms with Crippen LogP contribution >= 0.6 is 11.3 Å². The van der Waals surface area contributed by atoms with Crippen molar-refractivity contribution >= 4 is 21.4 Å². The summed E-state index contributed by atoms with van der Waals surface area (Å²) in [6.45, 7) is -0.752. The predicted molar refractivity (Wildman–Crippen MR) is 90.8 cm³/mol. The largest absolute Gasteiger partial charge is 0.246 e. The number of fused-ring (bicyclic) bond motifs is 1. The van der Waals surface area contributed by atoms with Gasteiger partial charge in [0.05, 0.1) is 11.1 Å². The average molecular weight is 357 g/mol. The molecule has 25 heavy (non-hydrogen) atoms. The second kappa shape index (κ2) is 6.25. The van der Waals surface area contributed by atoms with Crippen molar-refractivity contribution in [2.75, 3.05) is 0 Å². The van der Waals surface area contributed by atoms with Crippen LogP contribution < -0.4 is 0 Å². The number of nitrogens with zero attached hydrogens (tertiary/aromatic N) is 3. The highest BCUT2D eigenvalue weighted by atomic mass is 32.1. The van der Waals surface area contributed by atoms with Gasteiger partial charge in [0.15, 0.2) is 5.82 Å². The topological polar surface area (TPSA) is 38.7 Å². The minimum atomic E-state index is -0.752. The van der Waals surface area contributed by atoms with Gasteiger partial charge in [0.25, 0.3) is 0 Å². The first-order valence-electron chi connectivity index (χ1n) is 7.36. The third-order valence-corrected chi connectivity index (χ3v) is 5.02. The van der Waals surface area contributed by atoms with Crippen molar-refractivity contribution < 1.29 is 13.2 Å². The molecule has 4 rings (SSSR count). The molecule has 0 aliphatic carbocycles. The predicted octanol–water partition coefficient (Wildman–Crippen LogP) is 5.17. The van der Waals surface area contributed by atoms with E-state index in [9.17, 15) is 13.2 Å². The van der Waals surface area contributed by atoms with E-state index in [1.54, 1.807) is 12.1 Å². The van der Waals surface area contributed by atoms with E-state index >= 15 is 0 Å². The van der Waals surface area contributed by atoms with Gasteiger partial charge in [0, 0.05) is 28.1 Å². The molecule has 0 amide bonds. The number of thiophene rings is 1. The molecule has 3 nitrogen and oxygen atoms in total. The lowest BCUT2D eigenvalue weighted by atomic mass is 10.0. The summed E-state index contributed by atoms with van der Waals surface area (Å²) in [5, 5.41) is 0.845. The number of hydrogen-bond donors (Lipinski definition) is 0. The fraction of sp³-hybridized carbons (Fsp3) is 0.0556. The Kier molecular flexibility index (Phi) is 3.93. The van der Waals surface area contributed by atoms with Crippen LogP contribution in [0.5, 0.6) is 0 Å². The summed E-state index contributed by atoms with van der Waals surface area (Å²) in [4.78, 5) is 11.8. The molecule has 0 aliphatic rings. The minimum Gasteiger partial charge on any atom is -0.246 e. The molecule has 0 unspecified atom stereocenters. The Hall–Kier alpha value is -2.80. The van der Waals surface area contributed by atoms with Gasteiger partial charge in [-0.15, -0.1) is 11.3 Å². The summed E-state index contributed by atoms with van der Waals surface area (Å²) in [7, 11) is 0. The summed E-state index contributed by atoms with van der Waals surface area (Å²) in [6.07, 6.45) is 3.58. The normalized spacial score (nSPS) is 11.2. The molecule has 0 saturated heterocycles. The van der Waals surface area contributed by atoms with Crippen molar-refractivity contribution in [1.29, 1.82) is 0 Å². The van der Waals surface area contributed by atoms with Crippen molar-refractivity contribution in [3.05, 3.63) is 66.4 Å². The van der Waals surface area contributed by atoms with Crippen LogP contribution in [-0.2, 0) is 6.67 Å². The first kappa shape index (κ1) is 15.7. The first-order valence-corrected chi connectivity index (χ1v) is 8.18. The van der Waals surface area contributed by atoms with Gasteiger partial charge < -0.3 is 0 Å². The number of alkyl halides is 1. The molecule has 7 heteroatoms. The molecule has 3 aromatic heterocycles. The van der Waals surface area contributed by atoms with E-state index in [0.29, 0.717) is 21.6 Å². The van der Waals surface area contributed by atoms with Crippen LogP contribution in [-0.4, -0.2) is 15.0 Å². The van der Waals surface area contributed by atoms with Crippen LogP contribution in [0.25, 0.3) is 31.8 Å². The second-order valence-corrected chi connectivity index (χ2v) is 6.40. The zero-order valence-electron chi connectivity index (χ0n) is 12.7. The molecule has 1 aromatic carbocycles. The monoisotopic (exact) mass is 357 g/mol. The second-order valence-electron chi connectivity index (χ2n) is 5.35. The number of hydrogen-bond acceptors (Lipinski definition) is 4. The van der Waals surface area contributed by atoms with E-state index in [2.05, 4.69) is 15.0 Å². The molecule has 0 radical (unpaired) electrons. The van der Waals surface area contributed by atoms with E-state index in [-0.39, 0.29) is 5.69 Å². The maximum Gasteiger partial charge on any atom is 0.213 e. The van der Waals surface area contributed by atoms with Gasteiger partial charge in [-0.25, -0.2) is 23.7 Å². The van der Waals surface area contributed by atoms with E-state index in [1.807, 2.05) is 12.1 Å². The summed E-state index contributed by atoms with van der Waals surface area (Å²) in [5.74, 6) is -1.20. The summed E-state index contributed by atoms with van der Waals surface area (Å²) >= 11 is 1.32. The lowest BCUT2D eigenvalue weighted by molar-refractivity contribution is 0.482. The Morgan fingerprint density at radius 2 is 1.88 bits per heavy atom. The molecule has 0 aliphatic heterocycles. The highest BCUT2D eigenvalue weighted by Crippen LogP contribution is 2.40. The van der Waals surface area contributed by atoms with Crippen LogP contribution in [0.4, 0.5) is 13.2 Å². The minimum absolute atomic E-state index is 0.203. The van der Waals surface area contributed by atoms with Crippen molar-refractivity contribution in [3.63, 3.8) is 0 Å². The van der Waals surface area contributed by atoms with Gasteiger partial charge in [-0.05, 0) is 17.0 Å². The van der Waals surface area contributed by atoms with Gasteiger partial charge in [0.1, 0.15) is 18.7 Å².